The summed E-state index contributed by atoms with van der Waals surface area (Å²) in [5.74, 6) is 0. The summed E-state index contributed by atoms with van der Waals surface area (Å²) in [6, 6.07) is 0. The van der Waals surface area contributed by atoms with E-state index in [1.54, 1.807) is 0 Å². The zero-order valence-corrected chi connectivity index (χ0v) is 41.0. The van der Waals surface area contributed by atoms with Crippen molar-refractivity contribution in [3.63, 3.8) is 0 Å². The van der Waals surface area contributed by atoms with Gasteiger partial charge in [-0.2, -0.15) is 0 Å². The minimum Gasteiger partial charge on any atom is -0.396 e. The topological polar surface area (TPSA) is 90.2 Å². The van der Waals surface area contributed by atoms with E-state index in [1.165, 1.54) is 167 Å². The van der Waals surface area contributed by atoms with Crippen LogP contribution in [-0.2, 0) is 30.6 Å². The minimum atomic E-state index is -0.0256. The molecule has 0 fully saturated rings. The fourth-order valence-corrected chi connectivity index (χ4v) is 6.99. The van der Waals surface area contributed by atoms with Crippen LogP contribution in [0.25, 0.3) is 0 Å². The van der Waals surface area contributed by atoms with E-state index in [2.05, 4.69) is 32.6 Å². The van der Waals surface area contributed by atoms with Gasteiger partial charge in [0, 0.05) is 47.7 Å². The van der Waals surface area contributed by atoms with Gasteiger partial charge in [0.2, 0.25) is 0 Å². The summed E-state index contributed by atoms with van der Waals surface area (Å²) in [6.45, 7) is 12.3. The summed E-state index contributed by atoms with van der Waals surface area (Å²) in [7, 11) is 1.89. The van der Waals surface area contributed by atoms with Crippen LogP contribution in [0.1, 0.15) is 252 Å². The van der Waals surface area contributed by atoms with E-state index in [9.17, 15) is 9.90 Å². The molecule has 7 heteroatoms. The van der Waals surface area contributed by atoms with Gasteiger partial charge in [-0.05, 0) is 70.9 Å². The second-order valence-corrected chi connectivity index (χ2v) is 16.1. The van der Waals surface area contributed by atoms with Crippen LogP contribution < -0.4 is 0 Å². The van der Waals surface area contributed by atoms with Crippen molar-refractivity contribution in [1.29, 1.82) is 0 Å². The predicted molar refractivity (Wildman–Crippen MR) is 238 cm³/mol. The van der Waals surface area contributed by atoms with Crippen molar-refractivity contribution in [3.8, 4) is 0 Å². The Balaban J connectivity index is -0.000000352. The molecule has 0 saturated heterocycles. The molecule has 0 amide bonds. The Kier molecular flexibility index (Phi) is 65.7. The predicted octanol–water partition coefficient (Wildman–Crippen LogP) is 13.6. The van der Waals surface area contributed by atoms with Crippen LogP contribution in [0, 0.1) is 0 Å². The van der Waals surface area contributed by atoms with Crippen molar-refractivity contribution in [1.82, 2.24) is 4.90 Å². The summed E-state index contributed by atoms with van der Waals surface area (Å²) in [6.07, 6.45) is 45.5. The number of rotatable bonds is 42. The SMILES string of the molecule is CCCCCCCCC(CCCCCCCC)OC.CCCCCCCCC(O)CCCCCCCC.O=CCCCCCN(CCO)CCCCCO.[W]. The van der Waals surface area contributed by atoms with Crippen LogP contribution in [0.2, 0.25) is 0 Å². The largest absolute Gasteiger partial charge is 0.396 e. The van der Waals surface area contributed by atoms with E-state index in [-0.39, 0.29) is 40.4 Å². The number of unbranched alkanes of at least 4 members (excludes halogenated alkanes) is 25. The van der Waals surface area contributed by atoms with Gasteiger partial charge in [0.15, 0.2) is 0 Å². The normalized spacial score (nSPS) is 11.0. The maximum absolute atomic E-state index is 10.1. The average Bonchev–Trinajstić information content (AvgIpc) is 3.18. The summed E-state index contributed by atoms with van der Waals surface area (Å²) >= 11 is 0. The molecule has 0 bridgehead atoms. The van der Waals surface area contributed by atoms with Crippen LogP contribution in [0.4, 0.5) is 0 Å². The number of hydrogen-bond acceptors (Lipinski definition) is 6. The average molecular weight is 956 g/mol. The number of nitrogens with zero attached hydrogens (tertiary/aromatic N) is 1. The van der Waals surface area contributed by atoms with Gasteiger partial charge in [0.05, 0.1) is 18.8 Å². The minimum absolute atomic E-state index is 0. The van der Waals surface area contributed by atoms with Gasteiger partial charge < -0.3 is 29.8 Å². The molecule has 0 unspecified atom stereocenters. The molecule has 334 valence electrons. The van der Waals surface area contributed by atoms with Gasteiger partial charge >= 0.3 is 0 Å². The second kappa shape index (κ2) is 58.5. The maximum Gasteiger partial charge on any atom is 0.119 e. The van der Waals surface area contributed by atoms with E-state index in [1.807, 2.05) is 7.11 Å². The summed E-state index contributed by atoms with van der Waals surface area (Å²) in [5, 5.41) is 27.5. The summed E-state index contributed by atoms with van der Waals surface area (Å²) in [4.78, 5) is 12.4. The first-order valence-electron chi connectivity index (χ1n) is 24.1. The van der Waals surface area contributed by atoms with Crippen LogP contribution in [0.5, 0.6) is 0 Å². The first kappa shape index (κ1) is 61.8. The third kappa shape index (κ3) is 58.6. The van der Waals surface area contributed by atoms with Gasteiger partial charge in [-0.3, -0.25) is 0 Å². The van der Waals surface area contributed by atoms with Crippen LogP contribution in [0.15, 0.2) is 0 Å². The second-order valence-electron chi connectivity index (χ2n) is 16.1. The number of aliphatic hydroxyl groups is 3. The Morgan fingerprint density at radius 2 is 0.800 bits per heavy atom. The van der Waals surface area contributed by atoms with Crippen molar-refractivity contribution in [2.75, 3.05) is 40.0 Å². The Morgan fingerprint density at radius 3 is 1.15 bits per heavy atom. The van der Waals surface area contributed by atoms with Gasteiger partial charge in [-0.15, -0.1) is 0 Å². The molecule has 0 heterocycles. The number of ether oxygens (including phenoxy) is 1. The van der Waals surface area contributed by atoms with Crippen molar-refractivity contribution in [3.05, 3.63) is 0 Å². The van der Waals surface area contributed by atoms with Crippen molar-refractivity contribution >= 4 is 6.29 Å². The maximum atomic E-state index is 10.1. The van der Waals surface area contributed by atoms with E-state index in [0.717, 1.165) is 77.3 Å². The molecule has 0 aliphatic heterocycles. The van der Waals surface area contributed by atoms with Crippen molar-refractivity contribution in [2.24, 2.45) is 0 Å². The molecule has 6 nitrogen and oxygen atoms in total. The molecule has 0 aromatic carbocycles. The molecular formula is C48H101NO5W. The molecule has 0 radical (unpaired) electrons. The van der Waals surface area contributed by atoms with Crippen molar-refractivity contribution < 1.29 is 45.9 Å². The Morgan fingerprint density at radius 1 is 0.455 bits per heavy atom. The molecule has 0 aliphatic rings. The molecule has 0 atom stereocenters. The summed E-state index contributed by atoms with van der Waals surface area (Å²) in [5.41, 5.74) is 0. The van der Waals surface area contributed by atoms with Gasteiger partial charge in [0.25, 0.3) is 0 Å². The number of aldehydes is 1. The van der Waals surface area contributed by atoms with Crippen LogP contribution >= 0.6 is 0 Å². The quantitative estimate of drug-likeness (QED) is 0.0417. The summed E-state index contributed by atoms with van der Waals surface area (Å²) < 4.78 is 5.61. The molecule has 3 N–H and O–H groups in total. The van der Waals surface area contributed by atoms with Gasteiger partial charge in [-0.25, -0.2) is 0 Å². The number of methoxy groups -OCH3 is 1. The molecule has 0 spiro atoms. The standard InChI is InChI=1S/C18H38O.C17H36O.C13H27NO3.W/c1-4-6-8-10-12-14-16-18(19-3)17-15-13-11-9-7-5-2;1-3-5-7-9-11-13-15-17(18)16-14-12-10-8-6-4-2;15-11-6-2-1-4-8-14(10-13-17)9-5-3-7-12-16;/h18H,4-17H2,1-3H3;17-18H,3-16H2,1-2H3;11,16-17H,1-10,12-13H2;. The first-order valence-corrected chi connectivity index (χ1v) is 24.1. The molecule has 0 aromatic rings. The number of aliphatic hydroxyl groups excluding tert-OH is 3. The Bertz CT molecular complexity index is 611. The van der Waals surface area contributed by atoms with Crippen LogP contribution in [-0.4, -0.2) is 78.7 Å². The van der Waals surface area contributed by atoms with E-state index >= 15 is 0 Å². The fourth-order valence-electron chi connectivity index (χ4n) is 6.99. The fraction of sp³-hybridized carbons (Fsp3) is 0.979. The molecule has 55 heavy (non-hydrogen) atoms. The van der Waals surface area contributed by atoms with E-state index in [0.29, 0.717) is 12.5 Å². The third-order valence-electron chi connectivity index (χ3n) is 10.7. The molecular weight excluding hydrogens is 854 g/mol. The molecule has 0 aromatic heterocycles. The van der Waals surface area contributed by atoms with E-state index < -0.39 is 0 Å². The monoisotopic (exact) mass is 956 g/mol. The molecule has 0 rings (SSSR count). The number of carbonyl (C=O) groups is 1. The Hall–Kier alpha value is 0.158. The van der Waals surface area contributed by atoms with Gasteiger partial charge in [0.1, 0.15) is 6.29 Å². The zero-order valence-electron chi connectivity index (χ0n) is 38.0. The molecule has 0 saturated carbocycles. The smallest absolute Gasteiger partial charge is 0.119 e. The van der Waals surface area contributed by atoms with Gasteiger partial charge in [-0.1, -0.05) is 188 Å². The number of carbonyl (C=O) groups excluding carboxylic acids is 1. The van der Waals surface area contributed by atoms with E-state index in [4.69, 9.17) is 14.9 Å². The Labute approximate surface area is 360 Å². The first-order chi connectivity index (χ1) is 26.5. The molecule has 0 aliphatic carbocycles. The van der Waals surface area contributed by atoms with Crippen LogP contribution in [0.3, 0.4) is 0 Å². The zero-order chi connectivity index (χ0) is 40.4. The van der Waals surface area contributed by atoms with Crippen molar-refractivity contribution in [2.45, 2.75) is 265 Å². The third-order valence-corrected chi connectivity index (χ3v) is 10.7. The number of hydrogen-bond donors (Lipinski definition) is 3.